The Morgan fingerprint density at radius 2 is 1.90 bits per heavy atom. The molecule has 0 heterocycles. The summed E-state index contributed by atoms with van der Waals surface area (Å²) in [7, 11) is 0. The highest BCUT2D eigenvalue weighted by atomic mass is 16.5. The molecule has 0 amide bonds. The Kier molecular flexibility index (Phi) is 7.52. The summed E-state index contributed by atoms with van der Waals surface area (Å²) in [4.78, 5) is 11.3. The van der Waals surface area contributed by atoms with E-state index in [0.29, 0.717) is 12.2 Å². The van der Waals surface area contributed by atoms with Gasteiger partial charge in [-0.2, -0.15) is 0 Å². The maximum atomic E-state index is 11.3. The van der Waals surface area contributed by atoms with Crippen molar-refractivity contribution in [3.8, 4) is 5.75 Å². The molecule has 0 spiro atoms. The highest BCUT2D eigenvalue weighted by Crippen LogP contribution is 2.14. The maximum Gasteiger partial charge on any atom is 0.159 e. The number of allylic oxidation sites excluding steroid dienone is 3. The minimum absolute atomic E-state index is 0.0604. The Labute approximate surface area is 128 Å². The molecule has 0 aromatic heterocycles. The first-order valence-corrected chi connectivity index (χ1v) is 7.58. The summed E-state index contributed by atoms with van der Waals surface area (Å²) in [5, 5.41) is 0. The highest BCUT2D eigenvalue weighted by molar-refractivity contribution is 5.94. The van der Waals surface area contributed by atoms with E-state index in [0.717, 1.165) is 25.0 Å². The number of carbonyl (C=O) groups is 1. The predicted octanol–water partition coefficient (Wildman–Crippen LogP) is 5.35. The number of benzene rings is 1. The van der Waals surface area contributed by atoms with E-state index in [1.54, 1.807) is 19.1 Å². The molecule has 0 unspecified atom stereocenters. The average molecular weight is 286 g/mol. The van der Waals surface area contributed by atoms with E-state index in [2.05, 4.69) is 32.9 Å². The van der Waals surface area contributed by atoms with Crippen molar-refractivity contribution in [3.05, 3.63) is 53.1 Å². The highest BCUT2D eigenvalue weighted by Gasteiger charge is 2.00. The molecule has 1 rings (SSSR count). The average Bonchev–Trinajstić information content (AvgIpc) is 2.47. The summed E-state index contributed by atoms with van der Waals surface area (Å²) in [5.41, 5.74) is 3.46. The number of carbonyl (C=O) groups excluding carboxylic acids is 1. The summed E-state index contributed by atoms with van der Waals surface area (Å²) in [6.07, 6.45) is 7.68. The smallest absolute Gasteiger partial charge is 0.159 e. The quantitative estimate of drug-likeness (QED) is 0.475. The minimum Gasteiger partial charge on any atom is -0.490 e. The Hall–Kier alpha value is -1.83. The molecule has 21 heavy (non-hydrogen) atoms. The van der Waals surface area contributed by atoms with E-state index in [-0.39, 0.29) is 5.78 Å². The predicted molar refractivity (Wildman–Crippen MR) is 89.0 cm³/mol. The van der Waals surface area contributed by atoms with Crippen LogP contribution < -0.4 is 4.74 Å². The van der Waals surface area contributed by atoms with Crippen LogP contribution in [-0.2, 0) is 0 Å². The minimum atomic E-state index is 0.0604. The van der Waals surface area contributed by atoms with Crippen LogP contribution >= 0.6 is 0 Å². The summed E-state index contributed by atoms with van der Waals surface area (Å²) in [6.45, 7) is 8.59. The van der Waals surface area contributed by atoms with Gasteiger partial charge in [0.05, 0.1) is 0 Å². The normalized spacial score (nSPS) is 12.4. The molecule has 0 saturated carbocycles. The molecule has 1 aromatic rings. The van der Waals surface area contributed by atoms with Crippen molar-refractivity contribution < 1.29 is 9.53 Å². The van der Waals surface area contributed by atoms with Crippen LogP contribution in [0.2, 0.25) is 0 Å². The van der Waals surface area contributed by atoms with Gasteiger partial charge in [0.15, 0.2) is 5.78 Å². The Morgan fingerprint density at radius 3 is 2.57 bits per heavy atom. The summed E-state index contributed by atoms with van der Waals surface area (Å²) in [6, 6.07) is 7.32. The molecule has 2 heteroatoms. The third-order valence-corrected chi connectivity index (χ3v) is 3.51. The zero-order valence-electron chi connectivity index (χ0n) is 13.6. The van der Waals surface area contributed by atoms with Gasteiger partial charge < -0.3 is 4.74 Å². The van der Waals surface area contributed by atoms with Crippen molar-refractivity contribution >= 4 is 5.78 Å². The molecule has 0 N–H and O–H groups in total. The molecular weight excluding hydrogens is 260 g/mol. The fourth-order valence-electron chi connectivity index (χ4n) is 1.88. The van der Waals surface area contributed by atoms with Gasteiger partial charge in [-0.05, 0) is 58.2 Å². The maximum absolute atomic E-state index is 11.3. The fourth-order valence-corrected chi connectivity index (χ4v) is 1.88. The van der Waals surface area contributed by atoms with Crippen molar-refractivity contribution in [1.82, 2.24) is 0 Å². The zero-order valence-corrected chi connectivity index (χ0v) is 13.6. The fraction of sp³-hybridized carbons (Fsp3) is 0.421. The van der Waals surface area contributed by atoms with Gasteiger partial charge in [-0.25, -0.2) is 0 Å². The number of ether oxygens (including phenoxy) is 1. The molecule has 0 aliphatic heterocycles. The molecule has 0 bridgehead atoms. The zero-order chi connectivity index (χ0) is 15.7. The SMILES string of the molecule is CCC(C)=CCCC(C)=CCOc1cccc(C(C)=O)c1. The summed E-state index contributed by atoms with van der Waals surface area (Å²) < 4.78 is 5.67. The molecule has 0 aliphatic rings. The van der Waals surface area contributed by atoms with Crippen LogP contribution in [0.5, 0.6) is 5.75 Å². The largest absolute Gasteiger partial charge is 0.490 e. The number of rotatable bonds is 8. The van der Waals surface area contributed by atoms with Gasteiger partial charge in [-0.1, -0.05) is 36.3 Å². The lowest BCUT2D eigenvalue weighted by Crippen LogP contribution is -1.97. The first-order valence-electron chi connectivity index (χ1n) is 7.58. The number of hydrogen-bond donors (Lipinski definition) is 0. The van der Waals surface area contributed by atoms with Crippen molar-refractivity contribution in [2.24, 2.45) is 0 Å². The van der Waals surface area contributed by atoms with Gasteiger partial charge in [0.1, 0.15) is 12.4 Å². The monoisotopic (exact) mass is 286 g/mol. The van der Waals surface area contributed by atoms with Crippen LogP contribution in [0, 0.1) is 0 Å². The van der Waals surface area contributed by atoms with Crippen molar-refractivity contribution in [2.45, 2.75) is 47.0 Å². The van der Waals surface area contributed by atoms with E-state index in [1.165, 1.54) is 11.1 Å². The molecule has 114 valence electrons. The topological polar surface area (TPSA) is 26.3 Å². The standard InChI is InChI=1S/C19H26O2/c1-5-15(2)8-6-9-16(3)12-13-21-19-11-7-10-18(14-19)17(4)20/h7-8,10-12,14H,5-6,9,13H2,1-4H3. The van der Waals surface area contributed by atoms with Gasteiger partial charge in [0.25, 0.3) is 0 Å². The molecule has 0 aliphatic carbocycles. The molecule has 0 atom stereocenters. The third kappa shape index (κ3) is 6.94. The van der Waals surface area contributed by atoms with Crippen molar-refractivity contribution in [2.75, 3.05) is 6.61 Å². The van der Waals surface area contributed by atoms with Gasteiger partial charge in [0, 0.05) is 5.56 Å². The van der Waals surface area contributed by atoms with Gasteiger partial charge in [0.2, 0.25) is 0 Å². The second kappa shape index (κ2) is 9.17. The Bertz CT molecular complexity index is 524. The molecular formula is C19H26O2. The van der Waals surface area contributed by atoms with Crippen LogP contribution in [0.25, 0.3) is 0 Å². The molecule has 2 nitrogen and oxygen atoms in total. The van der Waals surface area contributed by atoms with E-state index in [4.69, 9.17) is 4.74 Å². The number of ketones is 1. The van der Waals surface area contributed by atoms with Crippen molar-refractivity contribution in [1.29, 1.82) is 0 Å². The van der Waals surface area contributed by atoms with Gasteiger partial charge in [-0.15, -0.1) is 0 Å². The lowest BCUT2D eigenvalue weighted by atomic mass is 10.1. The summed E-state index contributed by atoms with van der Waals surface area (Å²) in [5.74, 6) is 0.804. The van der Waals surface area contributed by atoms with Crippen molar-refractivity contribution in [3.63, 3.8) is 0 Å². The van der Waals surface area contributed by atoms with Gasteiger partial charge >= 0.3 is 0 Å². The van der Waals surface area contributed by atoms with Crippen LogP contribution in [0.15, 0.2) is 47.6 Å². The van der Waals surface area contributed by atoms with Gasteiger partial charge in [-0.3, -0.25) is 4.79 Å². The van der Waals surface area contributed by atoms with E-state index >= 15 is 0 Å². The van der Waals surface area contributed by atoms with E-state index < -0.39 is 0 Å². The number of hydrogen-bond acceptors (Lipinski definition) is 2. The van der Waals surface area contributed by atoms with E-state index in [1.807, 2.05) is 12.1 Å². The lowest BCUT2D eigenvalue weighted by molar-refractivity contribution is 0.101. The van der Waals surface area contributed by atoms with E-state index in [9.17, 15) is 4.79 Å². The molecule has 0 radical (unpaired) electrons. The first-order chi connectivity index (χ1) is 10.0. The molecule has 0 fully saturated rings. The van der Waals surface area contributed by atoms with Crippen LogP contribution in [0.4, 0.5) is 0 Å². The Morgan fingerprint density at radius 1 is 1.14 bits per heavy atom. The first kappa shape index (κ1) is 17.2. The second-order valence-electron chi connectivity index (χ2n) is 5.39. The number of Topliss-reactive ketones (excluding diaryl/α,β-unsaturated/α-hetero) is 1. The second-order valence-corrected chi connectivity index (χ2v) is 5.39. The molecule has 1 aromatic carbocycles. The third-order valence-electron chi connectivity index (χ3n) is 3.51. The molecule has 0 saturated heterocycles. The van der Waals surface area contributed by atoms with Crippen LogP contribution in [0.3, 0.4) is 0 Å². The van der Waals surface area contributed by atoms with Crippen LogP contribution in [-0.4, -0.2) is 12.4 Å². The summed E-state index contributed by atoms with van der Waals surface area (Å²) >= 11 is 0. The van der Waals surface area contributed by atoms with Crippen LogP contribution in [0.1, 0.15) is 57.3 Å². The Balaban J connectivity index is 2.43. The lowest BCUT2D eigenvalue weighted by Gasteiger charge is -2.05.